The number of esters is 1. The van der Waals surface area contributed by atoms with E-state index in [0.29, 0.717) is 16.3 Å². The van der Waals surface area contributed by atoms with Crippen LogP contribution in [-0.2, 0) is 9.53 Å². The van der Waals surface area contributed by atoms with Crippen molar-refractivity contribution in [3.63, 3.8) is 0 Å². The molecule has 0 heterocycles. The van der Waals surface area contributed by atoms with Crippen molar-refractivity contribution in [2.24, 2.45) is 0 Å². The monoisotopic (exact) mass is 303 g/mol. The van der Waals surface area contributed by atoms with Crippen molar-refractivity contribution >= 4 is 29.2 Å². The smallest absolute Gasteiger partial charge is 0.338 e. The lowest BCUT2D eigenvalue weighted by molar-refractivity contribution is -0.119. The molecule has 0 saturated heterocycles. The maximum absolute atomic E-state index is 11.8. The molecule has 0 aromatic heterocycles. The van der Waals surface area contributed by atoms with Crippen LogP contribution in [0.5, 0.6) is 0 Å². The Hall–Kier alpha value is -2.33. The van der Waals surface area contributed by atoms with Gasteiger partial charge in [-0.25, -0.2) is 4.79 Å². The topological polar surface area (TPSA) is 55.4 Å². The van der Waals surface area contributed by atoms with Crippen LogP contribution >= 0.6 is 11.6 Å². The van der Waals surface area contributed by atoms with Crippen LogP contribution in [0, 0.1) is 6.92 Å². The van der Waals surface area contributed by atoms with Gasteiger partial charge in [-0.15, -0.1) is 0 Å². The summed E-state index contributed by atoms with van der Waals surface area (Å²) < 4.78 is 4.99. The number of ether oxygens (including phenoxy) is 1. The van der Waals surface area contributed by atoms with E-state index in [9.17, 15) is 9.59 Å². The van der Waals surface area contributed by atoms with Crippen molar-refractivity contribution in [3.8, 4) is 0 Å². The van der Waals surface area contributed by atoms with E-state index in [1.54, 1.807) is 36.4 Å². The summed E-state index contributed by atoms with van der Waals surface area (Å²) in [6.45, 7) is 1.47. The normalized spacial score (nSPS) is 10.0. The van der Waals surface area contributed by atoms with Gasteiger partial charge in [0, 0.05) is 10.7 Å². The van der Waals surface area contributed by atoms with Gasteiger partial charge in [0.15, 0.2) is 6.61 Å². The Kier molecular flexibility index (Phi) is 4.95. The van der Waals surface area contributed by atoms with Crippen molar-refractivity contribution < 1.29 is 14.3 Å². The highest BCUT2D eigenvalue weighted by molar-refractivity contribution is 6.30. The Morgan fingerprint density at radius 3 is 2.43 bits per heavy atom. The number of halogens is 1. The molecule has 1 amide bonds. The zero-order valence-electron chi connectivity index (χ0n) is 11.4. The average molecular weight is 304 g/mol. The average Bonchev–Trinajstić information content (AvgIpc) is 2.48. The lowest BCUT2D eigenvalue weighted by Gasteiger charge is -2.08. The molecular formula is C16H14ClNO3. The molecule has 0 aliphatic rings. The van der Waals surface area contributed by atoms with Crippen LogP contribution in [0.2, 0.25) is 5.02 Å². The van der Waals surface area contributed by atoms with Crippen LogP contribution < -0.4 is 5.32 Å². The van der Waals surface area contributed by atoms with Crippen molar-refractivity contribution in [1.29, 1.82) is 0 Å². The maximum Gasteiger partial charge on any atom is 0.338 e. The molecule has 4 nitrogen and oxygen atoms in total. The third-order valence-electron chi connectivity index (χ3n) is 2.83. The molecule has 0 spiro atoms. The van der Waals surface area contributed by atoms with Gasteiger partial charge >= 0.3 is 5.97 Å². The molecule has 1 N–H and O–H groups in total. The molecule has 108 valence electrons. The lowest BCUT2D eigenvalue weighted by atomic mass is 10.1. The first-order valence-corrected chi connectivity index (χ1v) is 6.72. The second-order valence-corrected chi connectivity index (χ2v) is 4.88. The highest BCUT2D eigenvalue weighted by Crippen LogP contribution is 2.13. The van der Waals surface area contributed by atoms with E-state index < -0.39 is 11.9 Å². The first kappa shape index (κ1) is 15.1. The molecule has 0 fully saturated rings. The number of anilines is 1. The molecule has 21 heavy (non-hydrogen) atoms. The summed E-state index contributed by atoms with van der Waals surface area (Å²) in [5.41, 5.74) is 1.86. The van der Waals surface area contributed by atoms with Crippen molar-refractivity contribution in [1.82, 2.24) is 0 Å². The summed E-state index contributed by atoms with van der Waals surface area (Å²) in [4.78, 5) is 23.5. The Labute approximate surface area is 127 Å². The van der Waals surface area contributed by atoms with E-state index >= 15 is 0 Å². The van der Waals surface area contributed by atoms with Crippen LogP contribution in [0.4, 0.5) is 5.69 Å². The highest BCUT2D eigenvalue weighted by atomic mass is 35.5. The van der Waals surface area contributed by atoms with E-state index in [1.807, 2.05) is 19.1 Å². The van der Waals surface area contributed by atoms with Crippen LogP contribution in [-0.4, -0.2) is 18.5 Å². The SMILES string of the molecule is Cc1ccccc1C(=O)OCC(=O)Nc1ccc(Cl)cc1. The number of nitrogens with one attached hydrogen (secondary N) is 1. The summed E-state index contributed by atoms with van der Waals surface area (Å²) in [5.74, 6) is -0.918. The third-order valence-corrected chi connectivity index (χ3v) is 3.08. The third kappa shape index (κ3) is 4.33. The number of rotatable bonds is 4. The first-order valence-electron chi connectivity index (χ1n) is 6.34. The predicted molar refractivity (Wildman–Crippen MR) is 81.5 cm³/mol. The minimum Gasteiger partial charge on any atom is -0.452 e. The summed E-state index contributed by atoms with van der Waals surface area (Å²) in [6.07, 6.45) is 0. The first-order chi connectivity index (χ1) is 10.1. The molecule has 0 bridgehead atoms. The molecule has 5 heteroatoms. The Bertz CT molecular complexity index is 653. The fourth-order valence-corrected chi connectivity index (χ4v) is 1.87. The van der Waals surface area contributed by atoms with Crippen LogP contribution in [0.15, 0.2) is 48.5 Å². The molecule has 0 unspecified atom stereocenters. The van der Waals surface area contributed by atoms with Gasteiger partial charge in [-0.2, -0.15) is 0 Å². The standard InChI is InChI=1S/C16H14ClNO3/c1-11-4-2-3-5-14(11)16(20)21-10-15(19)18-13-8-6-12(17)7-9-13/h2-9H,10H2,1H3,(H,18,19). The van der Waals surface area contributed by atoms with Gasteiger partial charge in [0.25, 0.3) is 5.91 Å². The van der Waals surface area contributed by atoms with E-state index in [2.05, 4.69) is 5.32 Å². The van der Waals surface area contributed by atoms with Gasteiger partial charge in [0.2, 0.25) is 0 Å². The summed E-state index contributed by atoms with van der Waals surface area (Å²) >= 11 is 5.75. The van der Waals surface area contributed by atoms with E-state index in [0.717, 1.165) is 5.56 Å². The summed E-state index contributed by atoms with van der Waals surface area (Å²) in [5, 5.41) is 3.20. The number of hydrogen-bond acceptors (Lipinski definition) is 3. The zero-order chi connectivity index (χ0) is 15.2. The van der Waals surface area contributed by atoms with Gasteiger partial charge in [0.1, 0.15) is 0 Å². The molecule has 0 aliphatic carbocycles. The molecule has 0 saturated carbocycles. The predicted octanol–water partition coefficient (Wildman–Crippen LogP) is 3.44. The Balaban J connectivity index is 1.88. The Morgan fingerprint density at radius 1 is 1.10 bits per heavy atom. The van der Waals surface area contributed by atoms with Gasteiger partial charge in [-0.1, -0.05) is 29.8 Å². The van der Waals surface area contributed by atoms with E-state index in [-0.39, 0.29) is 6.61 Å². The molecule has 0 atom stereocenters. The molecule has 0 radical (unpaired) electrons. The molecule has 2 aromatic rings. The maximum atomic E-state index is 11.8. The van der Waals surface area contributed by atoms with Gasteiger partial charge in [0.05, 0.1) is 5.56 Å². The minimum absolute atomic E-state index is 0.338. The molecule has 0 aliphatic heterocycles. The molecular weight excluding hydrogens is 290 g/mol. The highest BCUT2D eigenvalue weighted by Gasteiger charge is 2.12. The fourth-order valence-electron chi connectivity index (χ4n) is 1.74. The number of hydrogen-bond donors (Lipinski definition) is 1. The van der Waals surface area contributed by atoms with Gasteiger partial charge in [-0.05, 0) is 42.8 Å². The zero-order valence-corrected chi connectivity index (χ0v) is 12.2. The molecule has 2 aromatic carbocycles. The van der Waals surface area contributed by atoms with Crippen molar-refractivity contribution in [2.45, 2.75) is 6.92 Å². The second-order valence-electron chi connectivity index (χ2n) is 4.45. The largest absolute Gasteiger partial charge is 0.452 e. The fraction of sp³-hybridized carbons (Fsp3) is 0.125. The van der Waals surface area contributed by atoms with Crippen molar-refractivity contribution in [3.05, 3.63) is 64.7 Å². The Morgan fingerprint density at radius 2 is 1.76 bits per heavy atom. The number of benzene rings is 2. The second kappa shape index (κ2) is 6.90. The number of carbonyl (C=O) groups excluding carboxylic acids is 2. The summed E-state index contributed by atoms with van der Waals surface area (Å²) in [6, 6.07) is 13.7. The number of carbonyl (C=O) groups is 2. The number of amides is 1. The van der Waals surface area contributed by atoms with Crippen LogP contribution in [0.1, 0.15) is 15.9 Å². The molecule has 2 rings (SSSR count). The minimum atomic E-state index is -0.514. The quantitative estimate of drug-likeness (QED) is 0.880. The lowest BCUT2D eigenvalue weighted by Crippen LogP contribution is -2.21. The summed E-state index contributed by atoms with van der Waals surface area (Å²) in [7, 11) is 0. The number of aryl methyl sites for hydroxylation is 1. The van der Waals surface area contributed by atoms with Crippen molar-refractivity contribution in [2.75, 3.05) is 11.9 Å². The van der Waals surface area contributed by atoms with E-state index in [4.69, 9.17) is 16.3 Å². The van der Waals surface area contributed by atoms with Gasteiger partial charge < -0.3 is 10.1 Å². The van der Waals surface area contributed by atoms with E-state index in [1.165, 1.54) is 0 Å². The van der Waals surface area contributed by atoms with Crippen LogP contribution in [0.25, 0.3) is 0 Å². The van der Waals surface area contributed by atoms with Crippen LogP contribution in [0.3, 0.4) is 0 Å². The van der Waals surface area contributed by atoms with Gasteiger partial charge in [-0.3, -0.25) is 4.79 Å².